The number of benzene rings is 1. The van der Waals surface area contributed by atoms with Crippen LogP contribution in [-0.4, -0.2) is 28.0 Å². The maximum absolute atomic E-state index is 14.1. The summed E-state index contributed by atoms with van der Waals surface area (Å²) in [5.74, 6) is 0.666. The Hall–Kier alpha value is -2.61. The van der Waals surface area contributed by atoms with Gasteiger partial charge in [0.15, 0.2) is 0 Å². The van der Waals surface area contributed by atoms with Crippen molar-refractivity contribution in [2.75, 3.05) is 23.7 Å². The SMILES string of the molecule is Nc1cc(C2CC2)c(C(F)(F)F)c(-c2cc3ncnc(N4CCCCC4)c3cc2Cl)n1. The lowest BCUT2D eigenvalue weighted by atomic mass is 9.96. The van der Waals surface area contributed by atoms with Crippen LogP contribution in [0.3, 0.4) is 0 Å². The molecule has 1 aliphatic carbocycles. The fourth-order valence-corrected chi connectivity index (χ4v) is 4.65. The maximum Gasteiger partial charge on any atom is 0.418 e. The first-order chi connectivity index (χ1) is 14.8. The van der Waals surface area contributed by atoms with Gasteiger partial charge in [0.2, 0.25) is 0 Å². The number of nitrogens with two attached hydrogens (primary N) is 1. The minimum Gasteiger partial charge on any atom is -0.384 e. The van der Waals surface area contributed by atoms with Gasteiger partial charge in [0.1, 0.15) is 18.0 Å². The summed E-state index contributed by atoms with van der Waals surface area (Å²) in [5.41, 5.74) is 5.82. The van der Waals surface area contributed by atoms with Crippen LogP contribution in [0.1, 0.15) is 49.1 Å². The van der Waals surface area contributed by atoms with Crippen molar-refractivity contribution in [2.45, 2.75) is 44.2 Å². The predicted octanol–water partition coefficient (Wildman–Crippen LogP) is 5.81. The summed E-state index contributed by atoms with van der Waals surface area (Å²) in [7, 11) is 0. The molecule has 0 bridgehead atoms. The van der Waals surface area contributed by atoms with Crippen molar-refractivity contribution < 1.29 is 13.2 Å². The smallest absolute Gasteiger partial charge is 0.384 e. The highest BCUT2D eigenvalue weighted by Gasteiger charge is 2.42. The Labute approximate surface area is 182 Å². The van der Waals surface area contributed by atoms with E-state index >= 15 is 0 Å². The third kappa shape index (κ3) is 3.78. The third-order valence-electron chi connectivity index (χ3n) is 5.98. The summed E-state index contributed by atoms with van der Waals surface area (Å²) in [4.78, 5) is 15.0. The second-order valence-electron chi connectivity index (χ2n) is 8.23. The molecule has 2 fully saturated rings. The van der Waals surface area contributed by atoms with Crippen molar-refractivity contribution in [3.8, 4) is 11.3 Å². The second kappa shape index (κ2) is 7.51. The molecular weight excluding hydrogens is 427 g/mol. The number of anilines is 2. The second-order valence-corrected chi connectivity index (χ2v) is 8.63. The van der Waals surface area contributed by atoms with Gasteiger partial charge < -0.3 is 10.6 Å². The number of halogens is 4. The molecule has 0 radical (unpaired) electrons. The molecular formula is C22H21ClF3N5. The first-order valence-electron chi connectivity index (χ1n) is 10.4. The molecule has 9 heteroatoms. The van der Waals surface area contributed by atoms with Crippen LogP contribution in [0.5, 0.6) is 0 Å². The van der Waals surface area contributed by atoms with Gasteiger partial charge in [-0.3, -0.25) is 0 Å². The number of fused-ring (bicyclic) bond motifs is 1. The molecule has 2 N–H and O–H groups in total. The van der Waals surface area contributed by atoms with E-state index in [0.29, 0.717) is 18.4 Å². The van der Waals surface area contributed by atoms with Gasteiger partial charge in [0.25, 0.3) is 0 Å². The molecule has 5 nitrogen and oxygen atoms in total. The molecule has 162 valence electrons. The number of alkyl halides is 3. The first-order valence-corrected chi connectivity index (χ1v) is 10.8. The molecule has 1 aliphatic heterocycles. The molecule has 0 amide bonds. The quantitative estimate of drug-likeness (QED) is 0.548. The average molecular weight is 448 g/mol. The van der Waals surface area contributed by atoms with E-state index in [1.807, 2.05) is 0 Å². The largest absolute Gasteiger partial charge is 0.418 e. The van der Waals surface area contributed by atoms with E-state index in [-0.39, 0.29) is 33.6 Å². The zero-order chi connectivity index (χ0) is 21.8. The van der Waals surface area contributed by atoms with Gasteiger partial charge in [-0.2, -0.15) is 13.2 Å². The average Bonchev–Trinajstić information content (AvgIpc) is 3.57. The van der Waals surface area contributed by atoms with Crippen LogP contribution in [0.25, 0.3) is 22.2 Å². The van der Waals surface area contributed by atoms with Gasteiger partial charge in [-0.25, -0.2) is 15.0 Å². The van der Waals surface area contributed by atoms with Crippen LogP contribution in [-0.2, 0) is 6.18 Å². The Balaban J connectivity index is 1.70. The summed E-state index contributed by atoms with van der Waals surface area (Å²) >= 11 is 6.55. The molecule has 5 rings (SSSR count). The Morgan fingerprint density at radius 3 is 2.45 bits per heavy atom. The van der Waals surface area contributed by atoms with Gasteiger partial charge in [-0.15, -0.1) is 0 Å². The molecule has 0 spiro atoms. The summed E-state index contributed by atoms with van der Waals surface area (Å²) in [5, 5.41) is 0.893. The van der Waals surface area contributed by atoms with Crippen molar-refractivity contribution in [3.63, 3.8) is 0 Å². The maximum atomic E-state index is 14.1. The Kier molecular flexibility index (Phi) is 4.92. The molecule has 31 heavy (non-hydrogen) atoms. The van der Waals surface area contributed by atoms with E-state index in [9.17, 15) is 13.2 Å². The third-order valence-corrected chi connectivity index (χ3v) is 6.30. The number of rotatable bonds is 3. The molecule has 1 aromatic carbocycles. The number of nitrogen functional groups attached to an aromatic ring is 1. The summed E-state index contributed by atoms with van der Waals surface area (Å²) in [6.07, 6.45) is 1.61. The lowest BCUT2D eigenvalue weighted by Gasteiger charge is -2.28. The fourth-order valence-electron chi connectivity index (χ4n) is 4.40. The highest BCUT2D eigenvalue weighted by Crippen LogP contribution is 2.50. The van der Waals surface area contributed by atoms with Crippen molar-refractivity contribution in [1.82, 2.24) is 15.0 Å². The number of hydrogen-bond donors (Lipinski definition) is 1. The van der Waals surface area contributed by atoms with Crippen LogP contribution in [0, 0.1) is 0 Å². The highest BCUT2D eigenvalue weighted by molar-refractivity contribution is 6.34. The normalized spacial score (nSPS) is 17.4. The van der Waals surface area contributed by atoms with Gasteiger partial charge >= 0.3 is 6.18 Å². The van der Waals surface area contributed by atoms with Crippen molar-refractivity contribution in [2.24, 2.45) is 0 Å². The first kappa shape index (κ1) is 20.3. The van der Waals surface area contributed by atoms with Crippen LogP contribution < -0.4 is 10.6 Å². The summed E-state index contributed by atoms with van der Waals surface area (Å²) in [6, 6.07) is 4.56. The molecule has 2 aliphatic rings. The van der Waals surface area contributed by atoms with Crippen LogP contribution in [0.2, 0.25) is 5.02 Å². The molecule has 0 unspecified atom stereocenters. The fraction of sp³-hybridized carbons (Fsp3) is 0.409. The van der Waals surface area contributed by atoms with Crippen LogP contribution in [0.4, 0.5) is 24.8 Å². The van der Waals surface area contributed by atoms with E-state index < -0.39 is 11.7 Å². The molecule has 3 heterocycles. The minimum atomic E-state index is -4.57. The van der Waals surface area contributed by atoms with Gasteiger partial charge in [-0.1, -0.05) is 11.6 Å². The zero-order valence-corrected chi connectivity index (χ0v) is 17.5. The van der Waals surface area contributed by atoms with Gasteiger partial charge in [0.05, 0.1) is 21.8 Å². The summed E-state index contributed by atoms with van der Waals surface area (Å²) in [6.45, 7) is 1.76. The van der Waals surface area contributed by atoms with E-state index in [1.54, 1.807) is 12.1 Å². The van der Waals surface area contributed by atoms with Crippen molar-refractivity contribution in [3.05, 3.63) is 40.7 Å². The minimum absolute atomic E-state index is 0.0535. The van der Waals surface area contributed by atoms with Gasteiger partial charge in [-0.05, 0) is 61.8 Å². The monoisotopic (exact) mass is 447 g/mol. The highest BCUT2D eigenvalue weighted by atomic mass is 35.5. The van der Waals surface area contributed by atoms with Gasteiger partial charge in [0, 0.05) is 24.0 Å². The molecule has 0 atom stereocenters. The lowest BCUT2D eigenvalue weighted by molar-refractivity contribution is -0.137. The van der Waals surface area contributed by atoms with Crippen LogP contribution >= 0.6 is 11.6 Å². The van der Waals surface area contributed by atoms with E-state index in [4.69, 9.17) is 17.3 Å². The topological polar surface area (TPSA) is 67.9 Å². The van der Waals surface area contributed by atoms with Crippen molar-refractivity contribution in [1.29, 1.82) is 0 Å². The lowest BCUT2D eigenvalue weighted by Crippen LogP contribution is -2.30. The van der Waals surface area contributed by atoms with E-state index in [0.717, 1.165) is 37.1 Å². The standard InChI is InChI=1S/C22H21ClF3N5/c23-16-8-15-17(28-11-29-21(15)31-6-2-1-3-7-31)9-14(16)20-19(22(24,25)26)13(12-4-5-12)10-18(27)30-20/h8-12H,1-7H2,(H2,27,30). The van der Waals surface area contributed by atoms with E-state index in [2.05, 4.69) is 19.9 Å². The molecule has 3 aromatic rings. The van der Waals surface area contributed by atoms with Crippen molar-refractivity contribution >= 4 is 34.1 Å². The summed E-state index contributed by atoms with van der Waals surface area (Å²) < 4.78 is 42.3. The predicted molar refractivity (Wildman–Crippen MR) is 115 cm³/mol. The van der Waals surface area contributed by atoms with Crippen LogP contribution in [0.15, 0.2) is 24.5 Å². The number of nitrogens with zero attached hydrogens (tertiary/aromatic N) is 4. The Morgan fingerprint density at radius 2 is 1.77 bits per heavy atom. The number of hydrogen-bond acceptors (Lipinski definition) is 5. The number of pyridine rings is 1. The number of piperidine rings is 1. The van der Waals surface area contributed by atoms with E-state index in [1.165, 1.54) is 18.8 Å². The Morgan fingerprint density at radius 1 is 1.03 bits per heavy atom. The molecule has 1 saturated carbocycles. The Bertz CT molecular complexity index is 1150. The molecule has 2 aromatic heterocycles. The zero-order valence-electron chi connectivity index (χ0n) is 16.7. The molecule has 1 saturated heterocycles. The number of aromatic nitrogens is 3.